The minimum atomic E-state index is -0.414. The van der Waals surface area contributed by atoms with Gasteiger partial charge in [-0.2, -0.15) is 0 Å². The summed E-state index contributed by atoms with van der Waals surface area (Å²) < 4.78 is 0. The molecule has 2 rings (SSSR count). The van der Waals surface area contributed by atoms with Gasteiger partial charge >= 0.3 is 6.03 Å². The van der Waals surface area contributed by atoms with Crippen LogP contribution in [0, 0.1) is 12.8 Å². The van der Waals surface area contributed by atoms with Crippen LogP contribution < -0.4 is 5.32 Å². The maximum atomic E-state index is 12.0. The highest BCUT2D eigenvalue weighted by Gasteiger charge is 2.27. The van der Waals surface area contributed by atoms with Crippen LogP contribution in [0.3, 0.4) is 0 Å². The Balaban J connectivity index is 1.94. The summed E-state index contributed by atoms with van der Waals surface area (Å²) in [5.74, 6) is 0.272. The molecule has 2 amide bonds. The predicted octanol–water partition coefficient (Wildman–Crippen LogP) is 2.23. The minimum absolute atomic E-state index is 0.134. The van der Waals surface area contributed by atoms with E-state index in [9.17, 15) is 9.90 Å². The second-order valence-corrected chi connectivity index (χ2v) is 5.08. The van der Waals surface area contributed by atoms with Crippen LogP contribution in [0.2, 0.25) is 0 Å². The van der Waals surface area contributed by atoms with Gasteiger partial charge < -0.3 is 15.3 Å². The summed E-state index contributed by atoms with van der Waals surface area (Å²) in [5.41, 5.74) is 1.95. The van der Waals surface area contributed by atoms with Crippen LogP contribution in [-0.2, 0) is 0 Å². The van der Waals surface area contributed by atoms with Crippen LogP contribution in [0.1, 0.15) is 18.9 Å². The van der Waals surface area contributed by atoms with Crippen LogP contribution in [0.5, 0.6) is 0 Å². The van der Waals surface area contributed by atoms with E-state index in [1.165, 1.54) is 0 Å². The Morgan fingerprint density at radius 3 is 2.67 bits per heavy atom. The number of hydrogen-bond acceptors (Lipinski definition) is 2. The molecule has 0 radical (unpaired) electrons. The number of carbonyl (C=O) groups excluding carboxylic acids is 1. The van der Waals surface area contributed by atoms with Crippen molar-refractivity contribution in [2.75, 3.05) is 18.4 Å². The SMILES string of the molecule is Cc1ccc(NC(=O)N2CCC(C)C(O)C2)cc1. The number of urea groups is 1. The van der Waals surface area contributed by atoms with Crippen molar-refractivity contribution >= 4 is 11.7 Å². The molecular formula is C14H20N2O2. The molecule has 1 aromatic carbocycles. The van der Waals surface area contributed by atoms with Gasteiger partial charge in [-0.25, -0.2) is 4.79 Å². The van der Waals surface area contributed by atoms with E-state index in [1.807, 2.05) is 38.1 Å². The molecule has 2 atom stereocenters. The molecule has 98 valence electrons. The molecule has 1 heterocycles. The van der Waals surface area contributed by atoms with E-state index in [-0.39, 0.29) is 11.9 Å². The van der Waals surface area contributed by atoms with Crippen molar-refractivity contribution in [3.63, 3.8) is 0 Å². The van der Waals surface area contributed by atoms with Crippen molar-refractivity contribution < 1.29 is 9.90 Å². The Morgan fingerprint density at radius 2 is 2.06 bits per heavy atom. The van der Waals surface area contributed by atoms with Crippen molar-refractivity contribution in [1.82, 2.24) is 4.90 Å². The normalized spacial score (nSPS) is 23.8. The zero-order chi connectivity index (χ0) is 13.1. The van der Waals surface area contributed by atoms with Crippen LogP contribution in [0.25, 0.3) is 0 Å². The molecule has 1 fully saturated rings. The highest BCUT2D eigenvalue weighted by Crippen LogP contribution is 2.18. The van der Waals surface area contributed by atoms with Gasteiger partial charge in [0.15, 0.2) is 0 Å². The number of rotatable bonds is 1. The van der Waals surface area contributed by atoms with Gasteiger partial charge in [-0.3, -0.25) is 0 Å². The first-order valence-electron chi connectivity index (χ1n) is 6.37. The van der Waals surface area contributed by atoms with Gasteiger partial charge in [0.05, 0.1) is 6.10 Å². The summed E-state index contributed by atoms with van der Waals surface area (Å²) in [6.45, 7) is 5.14. The van der Waals surface area contributed by atoms with Gasteiger partial charge in [-0.1, -0.05) is 24.6 Å². The highest BCUT2D eigenvalue weighted by molar-refractivity contribution is 5.89. The molecule has 2 N–H and O–H groups in total. The Kier molecular flexibility index (Phi) is 3.87. The number of amides is 2. The van der Waals surface area contributed by atoms with E-state index < -0.39 is 6.10 Å². The molecular weight excluding hydrogens is 228 g/mol. The van der Waals surface area contributed by atoms with Gasteiger partial charge in [0.2, 0.25) is 0 Å². The number of aliphatic hydroxyl groups is 1. The highest BCUT2D eigenvalue weighted by atomic mass is 16.3. The van der Waals surface area contributed by atoms with Gasteiger partial charge in [0, 0.05) is 18.8 Å². The summed E-state index contributed by atoms with van der Waals surface area (Å²) in [4.78, 5) is 13.7. The fraction of sp³-hybridized carbons (Fsp3) is 0.500. The molecule has 0 spiro atoms. The second kappa shape index (κ2) is 5.40. The van der Waals surface area contributed by atoms with E-state index >= 15 is 0 Å². The topological polar surface area (TPSA) is 52.6 Å². The number of β-amino-alcohol motifs (C(OH)–C–C–N with tert-alkyl or cyclic N) is 1. The largest absolute Gasteiger partial charge is 0.391 e. The summed E-state index contributed by atoms with van der Waals surface area (Å²) in [5, 5.41) is 12.6. The Morgan fingerprint density at radius 1 is 1.39 bits per heavy atom. The van der Waals surface area contributed by atoms with Crippen molar-refractivity contribution in [2.24, 2.45) is 5.92 Å². The Bertz CT molecular complexity index is 416. The first-order valence-corrected chi connectivity index (χ1v) is 6.37. The summed E-state index contributed by atoms with van der Waals surface area (Å²) in [6.07, 6.45) is 0.435. The summed E-state index contributed by atoms with van der Waals surface area (Å²) >= 11 is 0. The third-order valence-electron chi connectivity index (χ3n) is 3.51. The number of piperidine rings is 1. The first kappa shape index (κ1) is 12.9. The van der Waals surface area contributed by atoms with E-state index in [0.29, 0.717) is 13.1 Å². The zero-order valence-electron chi connectivity index (χ0n) is 10.9. The molecule has 1 aliphatic rings. The number of aryl methyl sites for hydroxylation is 1. The maximum absolute atomic E-state index is 12.0. The number of likely N-dealkylation sites (tertiary alicyclic amines) is 1. The number of benzene rings is 1. The molecule has 4 nitrogen and oxygen atoms in total. The molecule has 1 aliphatic heterocycles. The molecule has 0 aliphatic carbocycles. The fourth-order valence-electron chi connectivity index (χ4n) is 2.07. The minimum Gasteiger partial charge on any atom is -0.391 e. The van der Waals surface area contributed by atoms with Gasteiger partial charge in [-0.15, -0.1) is 0 Å². The van der Waals surface area contributed by atoms with Crippen molar-refractivity contribution in [2.45, 2.75) is 26.4 Å². The van der Waals surface area contributed by atoms with E-state index in [0.717, 1.165) is 17.7 Å². The molecule has 2 unspecified atom stereocenters. The number of anilines is 1. The summed E-state index contributed by atoms with van der Waals surface area (Å²) in [6, 6.07) is 7.56. The molecule has 18 heavy (non-hydrogen) atoms. The molecule has 0 bridgehead atoms. The van der Waals surface area contributed by atoms with E-state index in [4.69, 9.17) is 0 Å². The van der Waals surface area contributed by atoms with Crippen LogP contribution >= 0.6 is 0 Å². The van der Waals surface area contributed by atoms with Crippen molar-refractivity contribution in [3.05, 3.63) is 29.8 Å². The Hall–Kier alpha value is -1.55. The average Bonchev–Trinajstić information content (AvgIpc) is 2.35. The molecule has 0 saturated carbocycles. The van der Waals surface area contributed by atoms with Crippen molar-refractivity contribution in [3.8, 4) is 0 Å². The quantitative estimate of drug-likeness (QED) is 0.800. The lowest BCUT2D eigenvalue weighted by Gasteiger charge is -2.34. The molecule has 0 aromatic heterocycles. The van der Waals surface area contributed by atoms with Crippen molar-refractivity contribution in [1.29, 1.82) is 0 Å². The lowest BCUT2D eigenvalue weighted by Crippen LogP contribution is -2.47. The van der Waals surface area contributed by atoms with Crippen LogP contribution in [0.4, 0.5) is 10.5 Å². The van der Waals surface area contributed by atoms with Crippen LogP contribution in [-0.4, -0.2) is 35.2 Å². The first-order chi connectivity index (χ1) is 8.56. The number of carbonyl (C=O) groups is 1. The number of aliphatic hydroxyl groups excluding tert-OH is 1. The lowest BCUT2D eigenvalue weighted by molar-refractivity contribution is 0.0464. The standard InChI is InChI=1S/C14H20N2O2/c1-10-3-5-12(6-4-10)15-14(18)16-8-7-11(2)13(17)9-16/h3-6,11,13,17H,7-9H2,1-2H3,(H,15,18). The van der Waals surface area contributed by atoms with E-state index in [2.05, 4.69) is 5.32 Å². The predicted molar refractivity (Wildman–Crippen MR) is 71.6 cm³/mol. The van der Waals surface area contributed by atoms with Gasteiger partial charge in [-0.05, 0) is 31.4 Å². The smallest absolute Gasteiger partial charge is 0.321 e. The monoisotopic (exact) mass is 248 g/mol. The average molecular weight is 248 g/mol. The van der Waals surface area contributed by atoms with Crippen LogP contribution in [0.15, 0.2) is 24.3 Å². The second-order valence-electron chi connectivity index (χ2n) is 5.08. The summed E-state index contributed by atoms with van der Waals surface area (Å²) in [7, 11) is 0. The Labute approximate surface area is 108 Å². The number of hydrogen-bond donors (Lipinski definition) is 2. The third kappa shape index (κ3) is 3.01. The molecule has 1 aromatic rings. The fourth-order valence-corrected chi connectivity index (χ4v) is 2.07. The zero-order valence-corrected chi connectivity index (χ0v) is 10.9. The third-order valence-corrected chi connectivity index (χ3v) is 3.51. The molecule has 4 heteroatoms. The lowest BCUT2D eigenvalue weighted by atomic mass is 9.96. The number of nitrogens with one attached hydrogen (secondary N) is 1. The van der Waals surface area contributed by atoms with Gasteiger partial charge in [0.25, 0.3) is 0 Å². The van der Waals surface area contributed by atoms with E-state index in [1.54, 1.807) is 4.90 Å². The maximum Gasteiger partial charge on any atom is 0.321 e. The van der Waals surface area contributed by atoms with Gasteiger partial charge in [0.1, 0.15) is 0 Å². The molecule has 1 saturated heterocycles. The number of nitrogens with zero attached hydrogens (tertiary/aromatic N) is 1.